The zero-order valence-electron chi connectivity index (χ0n) is 11.7. The highest BCUT2D eigenvalue weighted by Crippen LogP contribution is 2.14. The first-order valence-corrected chi connectivity index (χ1v) is 9.03. The Balaban J connectivity index is 1.99. The third kappa shape index (κ3) is 4.39. The molecule has 21 heavy (non-hydrogen) atoms. The van der Waals surface area contributed by atoms with Gasteiger partial charge in [0.15, 0.2) is 9.84 Å². The second kappa shape index (κ2) is 6.85. The Hall–Kier alpha value is -1.68. The van der Waals surface area contributed by atoms with Crippen LogP contribution in [0.4, 0.5) is 0 Å². The van der Waals surface area contributed by atoms with E-state index in [1.165, 1.54) is 17.7 Å². The summed E-state index contributed by atoms with van der Waals surface area (Å²) in [5.41, 5.74) is 1.55. The Bertz CT molecular complexity index is 731. The maximum absolute atomic E-state index is 12.3. The van der Waals surface area contributed by atoms with Crippen molar-refractivity contribution in [2.45, 2.75) is 11.4 Å². The summed E-state index contributed by atoms with van der Waals surface area (Å²) in [5, 5.41) is 12.9. The fourth-order valence-electron chi connectivity index (χ4n) is 1.93. The van der Waals surface area contributed by atoms with Crippen LogP contribution in [0.15, 0.2) is 46.0 Å². The van der Waals surface area contributed by atoms with Gasteiger partial charge in [0.05, 0.1) is 22.3 Å². The van der Waals surface area contributed by atoms with E-state index in [0.29, 0.717) is 12.1 Å². The molecule has 1 aromatic heterocycles. The molecule has 1 aromatic carbocycles. The van der Waals surface area contributed by atoms with Gasteiger partial charge in [-0.15, -0.1) is 0 Å². The maximum Gasteiger partial charge on any atom is 0.179 e. The molecule has 0 unspecified atom stereocenters. The van der Waals surface area contributed by atoms with Crippen molar-refractivity contribution in [1.82, 2.24) is 4.90 Å². The molecule has 0 aliphatic heterocycles. The van der Waals surface area contributed by atoms with Gasteiger partial charge in [0.2, 0.25) is 0 Å². The lowest BCUT2D eigenvalue weighted by Crippen LogP contribution is -2.25. The fourth-order valence-corrected chi connectivity index (χ4v) is 3.97. The monoisotopic (exact) mass is 320 g/mol. The molecule has 0 saturated carbocycles. The summed E-state index contributed by atoms with van der Waals surface area (Å²) in [6.07, 6.45) is 0. The molecule has 0 aliphatic rings. The first-order chi connectivity index (χ1) is 10.0. The predicted molar refractivity (Wildman–Crippen MR) is 83.9 cm³/mol. The van der Waals surface area contributed by atoms with Gasteiger partial charge in [0.1, 0.15) is 0 Å². The van der Waals surface area contributed by atoms with E-state index in [9.17, 15) is 8.42 Å². The lowest BCUT2D eigenvalue weighted by molar-refractivity contribution is 0.346. The molecule has 0 bridgehead atoms. The Labute approximate surface area is 129 Å². The van der Waals surface area contributed by atoms with E-state index in [0.717, 1.165) is 6.54 Å². The summed E-state index contributed by atoms with van der Waals surface area (Å²) in [7, 11) is -1.46. The van der Waals surface area contributed by atoms with Gasteiger partial charge in [-0.25, -0.2) is 8.42 Å². The Morgan fingerprint density at radius 2 is 2.14 bits per heavy atom. The molecule has 0 radical (unpaired) electrons. The summed E-state index contributed by atoms with van der Waals surface area (Å²) >= 11 is 1.63. The van der Waals surface area contributed by atoms with E-state index >= 15 is 0 Å². The lowest BCUT2D eigenvalue weighted by Gasteiger charge is -2.15. The number of rotatable bonds is 6. The summed E-state index contributed by atoms with van der Waals surface area (Å²) in [6.45, 7) is 1.19. The van der Waals surface area contributed by atoms with Crippen molar-refractivity contribution in [3.63, 3.8) is 0 Å². The van der Waals surface area contributed by atoms with Crippen molar-refractivity contribution >= 4 is 21.2 Å². The number of sulfone groups is 1. The van der Waals surface area contributed by atoms with Gasteiger partial charge >= 0.3 is 0 Å². The average Bonchev–Trinajstić information content (AvgIpc) is 2.98. The van der Waals surface area contributed by atoms with Crippen LogP contribution in [0.1, 0.15) is 11.1 Å². The average molecular weight is 320 g/mol. The van der Waals surface area contributed by atoms with E-state index < -0.39 is 9.84 Å². The van der Waals surface area contributed by atoms with Gasteiger partial charge in [-0.2, -0.15) is 16.6 Å². The predicted octanol–water partition coefficient (Wildman–Crippen LogP) is 2.53. The van der Waals surface area contributed by atoms with Crippen LogP contribution >= 0.6 is 11.3 Å². The second-order valence-corrected chi connectivity index (χ2v) is 7.72. The topological polar surface area (TPSA) is 61.2 Å². The highest BCUT2D eigenvalue weighted by Gasteiger charge is 2.16. The molecule has 0 aliphatic carbocycles. The van der Waals surface area contributed by atoms with Crippen LogP contribution in [0, 0.1) is 11.3 Å². The molecular formula is C15H16N2O2S2. The minimum Gasteiger partial charge on any atom is -0.301 e. The van der Waals surface area contributed by atoms with Crippen LogP contribution in [0.25, 0.3) is 0 Å². The summed E-state index contributed by atoms with van der Waals surface area (Å²) in [4.78, 5) is 2.19. The Kier molecular flexibility index (Phi) is 5.12. The van der Waals surface area contributed by atoms with E-state index in [4.69, 9.17) is 5.26 Å². The normalized spacial score (nSPS) is 11.5. The SMILES string of the molecule is CN(CCS(=O)(=O)c1cccc(C#N)c1)Cc1ccsc1. The van der Waals surface area contributed by atoms with Gasteiger partial charge in [-0.3, -0.25) is 0 Å². The molecule has 0 spiro atoms. The van der Waals surface area contributed by atoms with Gasteiger partial charge in [0.25, 0.3) is 0 Å². The molecule has 1 heterocycles. The van der Waals surface area contributed by atoms with Gasteiger partial charge in [-0.1, -0.05) is 6.07 Å². The second-order valence-electron chi connectivity index (χ2n) is 4.83. The molecule has 0 amide bonds. The number of thiophene rings is 1. The molecular weight excluding hydrogens is 304 g/mol. The molecule has 0 fully saturated rings. The lowest BCUT2D eigenvalue weighted by atomic mass is 10.2. The van der Waals surface area contributed by atoms with Crippen molar-refractivity contribution in [1.29, 1.82) is 5.26 Å². The third-order valence-electron chi connectivity index (χ3n) is 3.10. The van der Waals surface area contributed by atoms with Crippen LogP contribution in [0.3, 0.4) is 0 Å². The number of nitriles is 1. The van der Waals surface area contributed by atoms with E-state index in [-0.39, 0.29) is 10.6 Å². The Morgan fingerprint density at radius 3 is 2.81 bits per heavy atom. The Morgan fingerprint density at radius 1 is 1.33 bits per heavy atom. The highest BCUT2D eigenvalue weighted by atomic mass is 32.2. The zero-order chi connectivity index (χ0) is 15.3. The quantitative estimate of drug-likeness (QED) is 0.820. The maximum atomic E-state index is 12.3. The van der Waals surface area contributed by atoms with Gasteiger partial charge in [-0.05, 0) is 47.6 Å². The van der Waals surface area contributed by atoms with Crippen LogP contribution in [0.5, 0.6) is 0 Å². The molecule has 110 valence electrons. The minimum absolute atomic E-state index is 0.0442. The van der Waals surface area contributed by atoms with E-state index in [2.05, 4.69) is 5.38 Å². The van der Waals surface area contributed by atoms with Crippen molar-refractivity contribution in [2.75, 3.05) is 19.3 Å². The van der Waals surface area contributed by atoms with Crippen LogP contribution in [0.2, 0.25) is 0 Å². The van der Waals surface area contributed by atoms with Crippen LogP contribution in [-0.2, 0) is 16.4 Å². The first-order valence-electron chi connectivity index (χ1n) is 6.44. The summed E-state index contributed by atoms with van der Waals surface area (Å²) in [5.74, 6) is 0.0442. The number of benzene rings is 1. The van der Waals surface area contributed by atoms with Crippen molar-refractivity contribution in [3.8, 4) is 6.07 Å². The van der Waals surface area contributed by atoms with Gasteiger partial charge < -0.3 is 4.90 Å². The highest BCUT2D eigenvalue weighted by molar-refractivity contribution is 7.91. The molecule has 2 aromatic rings. The van der Waals surface area contributed by atoms with Crippen molar-refractivity contribution < 1.29 is 8.42 Å². The molecule has 4 nitrogen and oxygen atoms in total. The summed E-state index contributed by atoms with van der Waals surface area (Å²) < 4.78 is 24.5. The van der Waals surface area contributed by atoms with E-state index in [1.807, 2.05) is 29.5 Å². The molecule has 6 heteroatoms. The molecule has 0 atom stereocenters. The van der Waals surface area contributed by atoms with Crippen LogP contribution < -0.4 is 0 Å². The minimum atomic E-state index is -3.36. The molecule has 0 saturated heterocycles. The summed E-state index contributed by atoms with van der Waals surface area (Å²) in [6, 6.07) is 10.2. The standard InChI is InChI=1S/C15H16N2O2S2/c1-17(11-14-5-7-20-12-14)6-8-21(18,19)15-4-2-3-13(9-15)10-16/h2-5,7,9,12H,6,8,11H2,1H3. The van der Waals surface area contributed by atoms with Crippen molar-refractivity contribution in [2.24, 2.45) is 0 Å². The number of nitrogens with zero attached hydrogens (tertiary/aromatic N) is 2. The largest absolute Gasteiger partial charge is 0.301 e. The number of hydrogen-bond donors (Lipinski definition) is 0. The number of hydrogen-bond acceptors (Lipinski definition) is 5. The van der Waals surface area contributed by atoms with E-state index in [1.54, 1.807) is 23.5 Å². The zero-order valence-corrected chi connectivity index (χ0v) is 13.3. The molecule has 2 rings (SSSR count). The van der Waals surface area contributed by atoms with Gasteiger partial charge in [0, 0.05) is 13.1 Å². The smallest absolute Gasteiger partial charge is 0.179 e. The van der Waals surface area contributed by atoms with Crippen molar-refractivity contribution in [3.05, 3.63) is 52.2 Å². The molecule has 0 N–H and O–H groups in total. The first kappa shape index (κ1) is 15.7. The van der Waals surface area contributed by atoms with Crippen LogP contribution in [-0.4, -0.2) is 32.7 Å². The fraction of sp³-hybridized carbons (Fsp3) is 0.267. The third-order valence-corrected chi connectivity index (χ3v) is 5.52.